The summed E-state index contributed by atoms with van der Waals surface area (Å²) in [5, 5.41) is 0. The Kier molecular flexibility index (Phi) is 31.8. The largest absolute Gasteiger partial charge is 0.326 e. The van der Waals surface area contributed by atoms with Crippen molar-refractivity contribution < 1.29 is 4.48 Å². The third-order valence-corrected chi connectivity index (χ3v) is 9.86. The molecule has 0 aliphatic rings. The molecule has 0 unspecified atom stereocenters. The van der Waals surface area contributed by atoms with Crippen LogP contribution >= 0.6 is 0 Å². The van der Waals surface area contributed by atoms with E-state index in [4.69, 9.17) is 0 Å². The SMILES string of the molecule is CCCCCCCCCCCCCCCC[N+](C)(CCC[SiH3])CCCCCCCCCCCCCCCC. The molecule has 0 aromatic rings. The summed E-state index contributed by atoms with van der Waals surface area (Å²) in [6, 6.07) is 1.49. The van der Waals surface area contributed by atoms with Crippen LogP contribution in [0.1, 0.15) is 200 Å². The molecule has 0 radical (unpaired) electrons. The number of hydrogen-bond donors (Lipinski definition) is 0. The summed E-state index contributed by atoms with van der Waals surface area (Å²) in [7, 11) is 3.97. The molecule has 0 aliphatic heterocycles. The Bertz CT molecular complexity index is 392. The van der Waals surface area contributed by atoms with E-state index in [0.717, 1.165) is 0 Å². The first-order valence-corrected chi connectivity index (χ1v) is 19.9. The van der Waals surface area contributed by atoms with E-state index in [-0.39, 0.29) is 0 Å². The van der Waals surface area contributed by atoms with Crippen molar-refractivity contribution in [2.45, 2.75) is 206 Å². The Morgan fingerprint density at radius 2 is 0.526 bits per heavy atom. The maximum Gasteiger partial charge on any atom is 0.0784 e. The fourth-order valence-corrected chi connectivity index (χ4v) is 6.57. The average Bonchev–Trinajstić information content (AvgIpc) is 2.92. The van der Waals surface area contributed by atoms with Crippen LogP contribution in [0.25, 0.3) is 0 Å². The van der Waals surface area contributed by atoms with Crippen molar-refractivity contribution >= 4 is 10.2 Å². The number of hydrogen-bond acceptors (Lipinski definition) is 0. The van der Waals surface area contributed by atoms with Crippen LogP contribution in [0.2, 0.25) is 6.04 Å². The molecular weight excluding hydrogens is 474 g/mol. The summed E-state index contributed by atoms with van der Waals surface area (Å²) >= 11 is 0. The molecule has 0 atom stereocenters. The van der Waals surface area contributed by atoms with E-state index in [2.05, 4.69) is 20.9 Å². The van der Waals surface area contributed by atoms with Crippen LogP contribution < -0.4 is 0 Å². The van der Waals surface area contributed by atoms with Crippen molar-refractivity contribution in [3.8, 4) is 0 Å². The average molecular weight is 553 g/mol. The van der Waals surface area contributed by atoms with E-state index < -0.39 is 0 Å². The van der Waals surface area contributed by atoms with Crippen LogP contribution in [0, 0.1) is 0 Å². The van der Waals surface area contributed by atoms with Crippen molar-refractivity contribution in [1.82, 2.24) is 0 Å². The van der Waals surface area contributed by atoms with Gasteiger partial charge >= 0.3 is 0 Å². The topological polar surface area (TPSA) is 0 Å². The molecule has 38 heavy (non-hydrogen) atoms. The molecule has 0 spiro atoms. The van der Waals surface area contributed by atoms with Gasteiger partial charge in [0.25, 0.3) is 0 Å². The molecule has 2 heteroatoms. The third kappa shape index (κ3) is 29.2. The predicted octanol–water partition coefficient (Wildman–Crippen LogP) is 11.6. The first-order chi connectivity index (χ1) is 18.7. The van der Waals surface area contributed by atoms with Gasteiger partial charge in [-0.05, 0) is 32.1 Å². The van der Waals surface area contributed by atoms with Gasteiger partial charge in [0.1, 0.15) is 0 Å². The lowest BCUT2D eigenvalue weighted by Gasteiger charge is -2.35. The Hall–Kier alpha value is 0.177. The molecular formula is C36H78NSi+. The fourth-order valence-electron chi connectivity index (χ4n) is 6.25. The number of unbranched alkanes of at least 4 members (excludes halogenated alkanes) is 26. The zero-order valence-corrected chi connectivity index (χ0v) is 29.8. The maximum atomic E-state index is 2.59. The number of rotatable bonds is 33. The van der Waals surface area contributed by atoms with Gasteiger partial charge in [-0.3, -0.25) is 0 Å². The zero-order chi connectivity index (χ0) is 27.8. The molecule has 0 aromatic heterocycles. The molecule has 0 bridgehead atoms. The highest BCUT2D eigenvalue weighted by molar-refractivity contribution is 6.08. The molecule has 0 fully saturated rings. The fraction of sp³-hybridized carbons (Fsp3) is 1.00. The van der Waals surface area contributed by atoms with E-state index in [0.29, 0.717) is 0 Å². The van der Waals surface area contributed by atoms with Gasteiger partial charge in [0.15, 0.2) is 0 Å². The van der Waals surface area contributed by atoms with Gasteiger partial charge in [0, 0.05) is 10.2 Å². The molecule has 0 heterocycles. The predicted molar refractivity (Wildman–Crippen MR) is 181 cm³/mol. The summed E-state index contributed by atoms with van der Waals surface area (Å²) in [4.78, 5) is 0. The second-order valence-electron chi connectivity index (χ2n) is 13.3. The minimum absolute atomic E-state index is 1.37. The smallest absolute Gasteiger partial charge is 0.0784 e. The number of quaternary nitrogens is 1. The van der Waals surface area contributed by atoms with Crippen molar-refractivity contribution in [1.29, 1.82) is 0 Å². The quantitative estimate of drug-likeness (QED) is 0.0431. The summed E-state index contributed by atoms with van der Waals surface area (Å²) in [5.41, 5.74) is 0. The monoisotopic (exact) mass is 553 g/mol. The highest BCUT2D eigenvalue weighted by atomic mass is 28.1. The van der Waals surface area contributed by atoms with E-state index in [1.807, 2.05) is 0 Å². The molecule has 0 N–H and O–H groups in total. The Labute approximate surface area is 247 Å². The first-order valence-electron chi connectivity index (χ1n) is 18.5. The third-order valence-electron chi connectivity index (χ3n) is 9.15. The van der Waals surface area contributed by atoms with Crippen molar-refractivity contribution in [2.75, 3.05) is 26.7 Å². The molecule has 1 nitrogen and oxygen atoms in total. The van der Waals surface area contributed by atoms with Crippen molar-refractivity contribution in [3.05, 3.63) is 0 Å². The van der Waals surface area contributed by atoms with Gasteiger partial charge in [-0.2, -0.15) is 0 Å². The molecule has 230 valence electrons. The first kappa shape index (κ1) is 38.2. The van der Waals surface area contributed by atoms with Crippen LogP contribution in [0.4, 0.5) is 0 Å². The van der Waals surface area contributed by atoms with Gasteiger partial charge in [-0.1, -0.05) is 174 Å². The van der Waals surface area contributed by atoms with E-state index in [9.17, 15) is 0 Å². The van der Waals surface area contributed by atoms with E-state index in [1.54, 1.807) is 0 Å². The van der Waals surface area contributed by atoms with Crippen LogP contribution in [0.15, 0.2) is 0 Å². The molecule has 0 aromatic carbocycles. The summed E-state index contributed by atoms with van der Waals surface area (Å²) < 4.78 is 1.37. The Morgan fingerprint density at radius 3 is 0.763 bits per heavy atom. The lowest BCUT2D eigenvalue weighted by Crippen LogP contribution is -2.46. The molecule has 0 saturated carbocycles. The Balaban J connectivity index is 3.62. The summed E-state index contributed by atoms with van der Waals surface area (Å²) in [6.45, 7) is 8.95. The van der Waals surface area contributed by atoms with Crippen molar-refractivity contribution in [3.63, 3.8) is 0 Å². The van der Waals surface area contributed by atoms with Crippen molar-refractivity contribution in [2.24, 2.45) is 0 Å². The van der Waals surface area contributed by atoms with Crippen LogP contribution in [0.3, 0.4) is 0 Å². The van der Waals surface area contributed by atoms with Gasteiger partial charge in [0.2, 0.25) is 0 Å². The second kappa shape index (κ2) is 31.7. The van der Waals surface area contributed by atoms with Crippen LogP contribution in [0.5, 0.6) is 0 Å². The molecule has 0 amide bonds. The van der Waals surface area contributed by atoms with Gasteiger partial charge in [-0.15, -0.1) is 0 Å². The minimum Gasteiger partial charge on any atom is -0.326 e. The van der Waals surface area contributed by atoms with E-state index >= 15 is 0 Å². The minimum atomic E-state index is 1.37. The number of nitrogens with zero attached hydrogens (tertiary/aromatic N) is 1. The highest BCUT2D eigenvalue weighted by Crippen LogP contribution is 2.17. The standard InChI is InChI=1S/C36H78NSi/c1-4-6-8-10-12-14-16-18-20-22-24-26-28-30-33-37(3,35-32-36-38)34-31-29-27-25-23-21-19-17-15-13-11-9-7-5-2/h4-36H2,1-3,38H3/q+1. The van der Waals surface area contributed by atoms with Gasteiger partial charge < -0.3 is 4.48 Å². The second-order valence-corrected chi connectivity index (χ2v) is 14.3. The van der Waals surface area contributed by atoms with Crippen LogP contribution in [-0.2, 0) is 0 Å². The molecule has 0 saturated heterocycles. The van der Waals surface area contributed by atoms with Gasteiger partial charge in [-0.25, -0.2) is 0 Å². The van der Waals surface area contributed by atoms with Gasteiger partial charge in [0.05, 0.1) is 26.7 Å². The highest BCUT2D eigenvalue weighted by Gasteiger charge is 2.19. The van der Waals surface area contributed by atoms with Crippen LogP contribution in [-0.4, -0.2) is 41.4 Å². The maximum absolute atomic E-state index is 2.59. The summed E-state index contributed by atoms with van der Waals surface area (Å²) in [5.74, 6) is 0. The lowest BCUT2D eigenvalue weighted by atomic mass is 10.0. The Morgan fingerprint density at radius 1 is 0.316 bits per heavy atom. The molecule has 0 rings (SSSR count). The molecule has 0 aliphatic carbocycles. The lowest BCUT2D eigenvalue weighted by molar-refractivity contribution is -0.910. The summed E-state index contributed by atoms with van der Waals surface area (Å²) in [6.07, 6.45) is 42.7. The van der Waals surface area contributed by atoms with E-state index in [1.165, 1.54) is 227 Å². The normalized spacial score (nSPS) is 12.1. The zero-order valence-electron chi connectivity index (χ0n) is 27.8.